The lowest BCUT2D eigenvalue weighted by molar-refractivity contribution is -0.0549. The highest BCUT2D eigenvalue weighted by molar-refractivity contribution is 7.84. The molecule has 0 radical (unpaired) electrons. The summed E-state index contributed by atoms with van der Waals surface area (Å²) in [5, 5.41) is 40.6. The summed E-state index contributed by atoms with van der Waals surface area (Å²) in [4.78, 5) is 24.3. The number of hydrogen-bond acceptors (Lipinski definition) is 13. The number of nitrogen functional groups attached to an aromatic ring is 1. The van der Waals surface area contributed by atoms with Crippen molar-refractivity contribution in [2.75, 3.05) is 31.3 Å². The van der Waals surface area contributed by atoms with E-state index < -0.39 is 54.0 Å². The molecular formula is C24H31N5O9S. The van der Waals surface area contributed by atoms with Gasteiger partial charge in [-0.25, -0.2) is 19.7 Å². The van der Waals surface area contributed by atoms with Crippen molar-refractivity contribution in [2.24, 2.45) is 5.92 Å². The van der Waals surface area contributed by atoms with Crippen molar-refractivity contribution in [3.8, 4) is 5.75 Å². The summed E-state index contributed by atoms with van der Waals surface area (Å²) in [6.07, 6.45) is -5.34. The van der Waals surface area contributed by atoms with Crippen LogP contribution in [0, 0.1) is 5.92 Å². The third-order valence-corrected chi connectivity index (χ3v) is 7.25. The van der Waals surface area contributed by atoms with E-state index in [-0.39, 0.29) is 40.4 Å². The minimum Gasteiger partial charge on any atom is -0.491 e. The Labute approximate surface area is 225 Å². The lowest BCUT2D eigenvalue weighted by atomic mass is 10.1. The van der Waals surface area contributed by atoms with Crippen molar-refractivity contribution in [1.82, 2.24) is 19.5 Å². The Morgan fingerprint density at radius 3 is 2.54 bits per heavy atom. The smallest absolute Gasteiger partial charge is 0.338 e. The Morgan fingerprint density at radius 2 is 1.90 bits per heavy atom. The summed E-state index contributed by atoms with van der Waals surface area (Å²) < 4.78 is 30.9. The van der Waals surface area contributed by atoms with E-state index in [1.165, 1.54) is 16.7 Å². The Balaban J connectivity index is 1.45. The number of nitrogens with two attached hydrogens (primary N) is 1. The lowest BCUT2D eigenvalue weighted by Crippen LogP contribution is -2.33. The molecule has 6 N–H and O–H groups in total. The van der Waals surface area contributed by atoms with Gasteiger partial charge in [-0.1, -0.05) is 13.8 Å². The first kappa shape index (κ1) is 28.8. The van der Waals surface area contributed by atoms with Gasteiger partial charge in [-0.15, -0.1) is 0 Å². The monoisotopic (exact) mass is 565 g/mol. The first-order valence-corrected chi connectivity index (χ1v) is 13.5. The summed E-state index contributed by atoms with van der Waals surface area (Å²) in [6, 6.07) is 6.19. The molecule has 39 heavy (non-hydrogen) atoms. The van der Waals surface area contributed by atoms with E-state index in [1.807, 2.05) is 13.8 Å². The van der Waals surface area contributed by atoms with Gasteiger partial charge < -0.3 is 40.4 Å². The molecule has 0 aliphatic carbocycles. The maximum atomic E-state index is 13.3. The van der Waals surface area contributed by atoms with Gasteiger partial charge in [-0.05, 0) is 30.2 Å². The molecule has 1 fully saturated rings. The Bertz CT molecular complexity index is 1320. The molecule has 1 aliphatic heterocycles. The molecule has 1 aliphatic rings. The molecule has 2 aromatic heterocycles. The van der Waals surface area contributed by atoms with Gasteiger partial charge in [0.2, 0.25) is 5.16 Å². The number of esters is 1. The van der Waals surface area contributed by atoms with Crippen LogP contribution in [0.2, 0.25) is 0 Å². The second kappa shape index (κ2) is 12.3. The number of benzene rings is 1. The molecule has 3 aromatic rings. The van der Waals surface area contributed by atoms with Gasteiger partial charge in [0.25, 0.3) is 0 Å². The van der Waals surface area contributed by atoms with E-state index in [0.29, 0.717) is 17.9 Å². The number of rotatable bonds is 11. The van der Waals surface area contributed by atoms with Crippen LogP contribution in [-0.2, 0) is 20.3 Å². The topological polar surface area (TPSA) is 212 Å². The zero-order chi connectivity index (χ0) is 28.3. The van der Waals surface area contributed by atoms with Gasteiger partial charge in [0.15, 0.2) is 23.2 Å². The normalized spacial score (nSPS) is 22.7. The predicted molar refractivity (Wildman–Crippen MR) is 137 cm³/mol. The number of aliphatic hydroxyl groups is 4. The molecule has 0 amide bonds. The van der Waals surface area contributed by atoms with E-state index in [4.69, 9.17) is 19.9 Å². The number of imidazole rings is 1. The number of carbonyl (C=O) groups is 1. The average molecular weight is 566 g/mol. The van der Waals surface area contributed by atoms with Crippen molar-refractivity contribution in [3.05, 3.63) is 36.2 Å². The van der Waals surface area contributed by atoms with Crippen LogP contribution in [-0.4, -0.2) is 100 Å². The molecular weight excluding hydrogens is 534 g/mol. The fourth-order valence-corrected chi connectivity index (χ4v) is 5.09. The SMILES string of the molecule is CC(C)COC(=O)c1ccc(OC[C@@H](O)CS(=O)c2nc3c(N)ncnc3n2[C@@H]2O[C@H](CO)[C@@H](O)[C@H]2O)cc1. The van der Waals surface area contributed by atoms with Gasteiger partial charge in [0.1, 0.15) is 37.0 Å². The zero-order valence-electron chi connectivity index (χ0n) is 21.3. The standard InChI is InChI=1S/C24H31N5O9S/c1-12(2)8-37-23(34)13-3-5-15(6-4-13)36-9-14(31)10-39(35)24-28-17-20(25)26-11-27-21(17)29(24)22-19(33)18(32)16(7-30)38-22/h3-6,11-12,14,16,18-19,22,30-33H,7-10H2,1-2H3,(H2,25,26,27)/t14-,16-,18-,19-,22-,39?/m1/s1. The summed E-state index contributed by atoms with van der Waals surface area (Å²) >= 11 is 0. The number of hydrogen-bond donors (Lipinski definition) is 5. The lowest BCUT2D eigenvalue weighted by Gasteiger charge is -2.19. The van der Waals surface area contributed by atoms with E-state index in [9.17, 15) is 29.4 Å². The van der Waals surface area contributed by atoms with E-state index in [1.54, 1.807) is 12.1 Å². The number of nitrogens with zero attached hydrogens (tertiary/aromatic N) is 4. The quantitative estimate of drug-likeness (QED) is 0.184. The number of aliphatic hydroxyl groups excluding tert-OH is 4. The molecule has 1 saturated heterocycles. The number of carbonyl (C=O) groups excluding carboxylic acids is 1. The van der Waals surface area contributed by atoms with E-state index >= 15 is 0 Å². The molecule has 0 bridgehead atoms. The molecule has 1 aromatic carbocycles. The number of aromatic nitrogens is 4. The van der Waals surface area contributed by atoms with Crippen molar-refractivity contribution in [1.29, 1.82) is 0 Å². The van der Waals surface area contributed by atoms with Crippen LogP contribution in [0.25, 0.3) is 11.2 Å². The zero-order valence-corrected chi connectivity index (χ0v) is 22.1. The molecule has 14 nitrogen and oxygen atoms in total. The molecule has 212 valence electrons. The first-order chi connectivity index (χ1) is 18.6. The van der Waals surface area contributed by atoms with Crippen LogP contribution in [0.15, 0.2) is 35.7 Å². The maximum absolute atomic E-state index is 13.3. The molecule has 6 atom stereocenters. The van der Waals surface area contributed by atoms with Crippen LogP contribution in [0.4, 0.5) is 5.82 Å². The molecule has 0 saturated carbocycles. The van der Waals surface area contributed by atoms with Crippen molar-refractivity contribution in [2.45, 2.75) is 49.6 Å². The van der Waals surface area contributed by atoms with E-state index in [0.717, 1.165) is 6.33 Å². The Kier molecular flexibility index (Phi) is 9.09. The number of anilines is 1. The van der Waals surface area contributed by atoms with Crippen molar-refractivity contribution in [3.63, 3.8) is 0 Å². The summed E-state index contributed by atoms with van der Waals surface area (Å²) in [5.74, 6) is -0.185. The number of fused-ring (bicyclic) bond motifs is 1. The van der Waals surface area contributed by atoms with Crippen LogP contribution < -0.4 is 10.5 Å². The fourth-order valence-electron chi connectivity index (χ4n) is 3.89. The highest BCUT2D eigenvalue weighted by Gasteiger charge is 2.45. The Morgan fingerprint density at radius 1 is 1.18 bits per heavy atom. The molecule has 15 heteroatoms. The highest BCUT2D eigenvalue weighted by Crippen LogP contribution is 2.34. The van der Waals surface area contributed by atoms with Crippen molar-refractivity contribution >= 4 is 33.8 Å². The van der Waals surface area contributed by atoms with Gasteiger partial charge in [0, 0.05) is 0 Å². The second-order valence-electron chi connectivity index (χ2n) is 9.42. The summed E-state index contributed by atoms with van der Waals surface area (Å²) in [6.45, 7) is 3.39. The maximum Gasteiger partial charge on any atom is 0.338 e. The van der Waals surface area contributed by atoms with Gasteiger partial charge in [-0.2, -0.15) is 0 Å². The summed E-state index contributed by atoms with van der Waals surface area (Å²) in [7, 11) is -1.97. The second-order valence-corrected chi connectivity index (χ2v) is 10.8. The minimum absolute atomic E-state index is 0.0100. The van der Waals surface area contributed by atoms with Gasteiger partial charge in [-0.3, -0.25) is 8.78 Å². The van der Waals surface area contributed by atoms with Crippen LogP contribution in [0.1, 0.15) is 30.4 Å². The Hall–Kier alpha value is -3.21. The van der Waals surface area contributed by atoms with Crippen LogP contribution in [0.3, 0.4) is 0 Å². The first-order valence-electron chi connectivity index (χ1n) is 12.2. The predicted octanol–water partition coefficient (Wildman–Crippen LogP) is -0.620. The third kappa shape index (κ3) is 6.34. The molecule has 4 rings (SSSR count). The van der Waals surface area contributed by atoms with Gasteiger partial charge >= 0.3 is 5.97 Å². The third-order valence-electron chi connectivity index (χ3n) is 5.87. The van der Waals surface area contributed by atoms with Crippen LogP contribution >= 0.6 is 0 Å². The molecule has 3 heterocycles. The molecule has 1 unspecified atom stereocenters. The average Bonchev–Trinajstić information content (AvgIpc) is 3.44. The van der Waals surface area contributed by atoms with E-state index in [2.05, 4.69) is 15.0 Å². The van der Waals surface area contributed by atoms with Crippen molar-refractivity contribution < 1.29 is 43.6 Å². The highest BCUT2D eigenvalue weighted by atomic mass is 32.2. The fraction of sp³-hybridized carbons (Fsp3) is 0.500. The van der Waals surface area contributed by atoms with Gasteiger partial charge in [0.05, 0.1) is 41.4 Å². The molecule has 0 spiro atoms. The minimum atomic E-state index is -1.97. The largest absolute Gasteiger partial charge is 0.491 e. The van der Waals surface area contributed by atoms with Crippen LogP contribution in [0.5, 0.6) is 5.75 Å². The number of ether oxygens (including phenoxy) is 3. The summed E-state index contributed by atoms with van der Waals surface area (Å²) in [5.41, 5.74) is 6.46.